The number of likely N-dealkylation sites (tertiary alicyclic amines) is 1. The van der Waals surface area contributed by atoms with Gasteiger partial charge in [-0.3, -0.25) is 0 Å². The molecule has 0 atom stereocenters. The molecule has 2 amide bonds. The molecule has 2 aliphatic rings. The van der Waals surface area contributed by atoms with Crippen molar-refractivity contribution >= 4 is 23.3 Å². The summed E-state index contributed by atoms with van der Waals surface area (Å²) in [6.45, 7) is 2.38. The van der Waals surface area contributed by atoms with Crippen LogP contribution in [0.4, 0.5) is 10.5 Å². The molecule has 1 spiro atoms. The summed E-state index contributed by atoms with van der Waals surface area (Å²) in [6.07, 6.45) is 1.72. The topological polar surface area (TPSA) is 50.8 Å². The van der Waals surface area contributed by atoms with Crippen molar-refractivity contribution in [3.8, 4) is 0 Å². The lowest BCUT2D eigenvalue weighted by molar-refractivity contribution is -0.182. The van der Waals surface area contributed by atoms with Crippen LogP contribution in [0.25, 0.3) is 0 Å². The van der Waals surface area contributed by atoms with Gasteiger partial charge in [0.1, 0.15) is 0 Å². The monoisotopic (exact) mass is 296 g/mol. The third-order valence-electron chi connectivity index (χ3n) is 3.59. The molecule has 5 nitrogen and oxygen atoms in total. The van der Waals surface area contributed by atoms with Crippen LogP contribution in [0, 0.1) is 0 Å². The Morgan fingerprint density at radius 1 is 1.35 bits per heavy atom. The van der Waals surface area contributed by atoms with Crippen LogP contribution in [0.5, 0.6) is 0 Å². The summed E-state index contributed by atoms with van der Waals surface area (Å²) >= 11 is 5.91. The van der Waals surface area contributed by atoms with E-state index in [-0.39, 0.29) is 6.03 Å². The van der Waals surface area contributed by atoms with Crippen LogP contribution in [0.15, 0.2) is 24.3 Å². The van der Waals surface area contributed by atoms with Gasteiger partial charge in [-0.15, -0.1) is 0 Å². The SMILES string of the molecule is O=C(Nc1cccc(Cl)c1)N1CCCC2(C1)OCCO2. The number of nitrogens with zero attached hydrogens (tertiary/aromatic N) is 1. The lowest BCUT2D eigenvalue weighted by Gasteiger charge is -2.38. The summed E-state index contributed by atoms with van der Waals surface area (Å²) < 4.78 is 11.3. The zero-order chi connectivity index (χ0) is 14.0. The molecule has 3 rings (SSSR count). The first-order valence-electron chi connectivity index (χ1n) is 6.76. The van der Waals surface area contributed by atoms with Crippen molar-refractivity contribution in [3.63, 3.8) is 0 Å². The second-order valence-corrected chi connectivity index (χ2v) is 5.51. The van der Waals surface area contributed by atoms with E-state index in [0.717, 1.165) is 12.8 Å². The molecule has 1 aromatic rings. The second-order valence-electron chi connectivity index (χ2n) is 5.07. The summed E-state index contributed by atoms with van der Waals surface area (Å²) in [5.41, 5.74) is 0.690. The van der Waals surface area contributed by atoms with Crippen LogP contribution in [0.1, 0.15) is 12.8 Å². The Kier molecular flexibility index (Phi) is 3.83. The van der Waals surface area contributed by atoms with Crippen molar-refractivity contribution in [1.82, 2.24) is 4.90 Å². The Morgan fingerprint density at radius 2 is 2.15 bits per heavy atom. The van der Waals surface area contributed by atoms with Gasteiger partial charge in [-0.05, 0) is 24.6 Å². The number of urea groups is 1. The van der Waals surface area contributed by atoms with Crippen LogP contribution in [0.3, 0.4) is 0 Å². The molecule has 1 N–H and O–H groups in total. The van der Waals surface area contributed by atoms with E-state index in [0.29, 0.717) is 37.0 Å². The van der Waals surface area contributed by atoms with Crippen LogP contribution >= 0.6 is 11.6 Å². The first kappa shape index (κ1) is 13.7. The summed E-state index contributed by atoms with van der Waals surface area (Å²) in [4.78, 5) is 14.0. The van der Waals surface area contributed by atoms with Gasteiger partial charge < -0.3 is 19.7 Å². The first-order chi connectivity index (χ1) is 9.67. The van der Waals surface area contributed by atoms with E-state index in [2.05, 4.69) is 5.32 Å². The van der Waals surface area contributed by atoms with Crippen molar-refractivity contribution in [2.45, 2.75) is 18.6 Å². The molecule has 2 heterocycles. The fraction of sp³-hybridized carbons (Fsp3) is 0.500. The molecule has 0 saturated carbocycles. The highest BCUT2D eigenvalue weighted by atomic mass is 35.5. The molecule has 0 aliphatic carbocycles. The standard InChI is InChI=1S/C14H17ClN2O3/c15-11-3-1-4-12(9-11)16-13(18)17-6-2-5-14(10-17)19-7-8-20-14/h1,3-4,9H,2,5-8,10H2,(H,16,18). The van der Waals surface area contributed by atoms with Gasteiger partial charge in [0, 0.05) is 23.7 Å². The number of ether oxygens (including phenoxy) is 2. The molecule has 108 valence electrons. The molecule has 20 heavy (non-hydrogen) atoms. The average Bonchev–Trinajstić information content (AvgIpc) is 2.87. The van der Waals surface area contributed by atoms with Crippen LogP contribution in [0.2, 0.25) is 5.02 Å². The Hall–Kier alpha value is -1.30. The van der Waals surface area contributed by atoms with Gasteiger partial charge in [-0.25, -0.2) is 4.79 Å². The molecule has 0 bridgehead atoms. The van der Waals surface area contributed by atoms with E-state index in [1.54, 1.807) is 23.1 Å². The summed E-state index contributed by atoms with van der Waals surface area (Å²) in [5.74, 6) is -0.593. The highest BCUT2D eigenvalue weighted by Crippen LogP contribution is 2.30. The van der Waals surface area contributed by atoms with E-state index >= 15 is 0 Å². The first-order valence-corrected chi connectivity index (χ1v) is 7.14. The number of nitrogens with one attached hydrogen (secondary N) is 1. The molecule has 6 heteroatoms. The fourth-order valence-electron chi connectivity index (χ4n) is 2.66. The van der Waals surface area contributed by atoms with E-state index in [4.69, 9.17) is 21.1 Å². The highest BCUT2D eigenvalue weighted by molar-refractivity contribution is 6.30. The predicted molar refractivity (Wildman–Crippen MR) is 75.9 cm³/mol. The number of rotatable bonds is 1. The zero-order valence-corrected chi connectivity index (χ0v) is 11.9. The maximum atomic E-state index is 12.3. The van der Waals surface area contributed by atoms with Gasteiger partial charge >= 0.3 is 6.03 Å². The summed E-state index contributed by atoms with van der Waals surface area (Å²) in [5, 5.41) is 3.45. The van der Waals surface area contributed by atoms with Gasteiger partial charge in [0.05, 0.1) is 19.8 Å². The predicted octanol–water partition coefficient (Wildman–Crippen LogP) is 2.71. The number of benzene rings is 1. The van der Waals surface area contributed by atoms with Gasteiger partial charge in [0.25, 0.3) is 0 Å². The molecule has 1 aromatic carbocycles. The number of amides is 2. The van der Waals surface area contributed by atoms with Gasteiger partial charge in [-0.1, -0.05) is 17.7 Å². The van der Waals surface area contributed by atoms with Gasteiger partial charge in [-0.2, -0.15) is 0 Å². The molecule has 0 radical (unpaired) electrons. The third-order valence-corrected chi connectivity index (χ3v) is 3.83. The number of halogens is 1. The molecular formula is C14H17ClN2O3. The summed E-state index contributed by atoms with van der Waals surface area (Å²) in [6, 6.07) is 6.96. The van der Waals surface area contributed by atoms with E-state index < -0.39 is 5.79 Å². The third kappa shape index (κ3) is 2.90. The molecule has 2 fully saturated rings. The number of anilines is 1. The quantitative estimate of drug-likeness (QED) is 0.867. The summed E-state index contributed by atoms with van der Waals surface area (Å²) in [7, 11) is 0. The van der Waals surface area contributed by atoms with Crippen molar-refractivity contribution in [3.05, 3.63) is 29.3 Å². The molecule has 2 aliphatic heterocycles. The number of carbonyl (C=O) groups excluding carboxylic acids is 1. The number of piperidine rings is 1. The smallest absolute Gasteiger partial charge is 0.322 e. The fourth-order valence-corrected chi connectivity index (χ4v) is 2.85. The number of carbonyl (C=O) groups is 1. The van der Waals surface area contributed by atoms with Crippen molar-refractivity contribution in [1.29, 1.82) is 0 Å². The van der Waals surface area contributed by atoms with Crippen molar-refractivity contribution < 1.29 is 14.3 Å². The second kappa shape index (κ2) is 5.60. The minimum absolute atomic E-state index is 0.148. The maximum absolute atomic E-state index is 12.3. The van der Waals surface area contributed by atoms with Crippen LogP contribution in [-0.2, 0) is 9.47 Å². The largest absolute Gasteiger partial charge is 0.346 e. The van der Waals surface area contributed by atoms with E-state index in [1.807, 2.05) is 6.07 Å². The Balaban J connectivity index is 1.65. The Morgan fingerprint density at radius 3 is 2.90 bits per heavy atom. The van der Waals surface area contributed by atoms with E-state index in [1.165, 1.54) is 0 Å². The minimum Gasteiger partial charge on any atom is -0.346 e. The van der Waals surface area contributed by atoms with Crippen LogP contribution < -0.4 is 5.32 Å². The molecule has 0 aromatic heterocycles. The molecule has 0 unspecified atom stereocenters. The zero-order valence-electron chi connectivity index (χ0n) is 11.1. The molecular weight excluding hydrogens is 280 g/mol. The normalized spacial score (nSPS) is 21.1. The Labute approximate surface area is 122 Å². The maximum Gasteiger partial charge on any atom is 0.322 e. The molecule has 2 saturated heterocycles. The van der Waals surface area contributed by atoms with Crippen LogP contribution in [-0.4, -0.2) is 43.0 Å². The van der Waals surface area contributed by atoms with Gasteiger partial charge in [0.15, 0.2) is 5.79 Å². The Bertz CT molecular complexity index is 503. The average molecular weight is 297 g/mol. The number of hydrogen-bond donors (Lipinski definition) is 1. The lowest BCUT2D eigenvalue weighted by atomic mass is 10.1. The van der Waals surface area contributed by atoms with Crippen molar-refractivity contribution in [2.24, 2.45) is 0 Å². The number of hydrogen-bond acceptors (Lipinski definition) is 3. The van der Waals surface area contributed by atoms with E-state index in [9.17, 15) is 4.79 Å². The van der Waals surface area contributed by atoms with Gasteiger partial charge in [0.2, 0.25) is 0 Å². The van der Waals surface area contributed by atoms with Crippen molar-refractivity contribution in [2.75, 3.05) is 31.6 Å². The minimum atomic E-state index is -0.593. The highest BCUT2D eigenvalue weighted by Gasteiger charge is 2.42. The lowest BCUT2D eigenvalue weighted by Crippen LogP contribution is -2.52.